The van der Waals surface area contributed by atoms with E-state index in [0.717, 1.165) is 24.1 Å². The Balaban J connectivity index is 1.84. The van der Waals surface area contributed by atoms with Crippen molar-refractivity contribution in [3.8, 4) is 0 Å². The summed E-state index contributed by atoms with van der Waals surface area (Å²) >= 11 is 1.55. The van der Waals surface area contributed by atoms with Crippen LogP contribution in [0.4, 0.5) is 0 Å². The van der Waals surface area contributed by atoms with E-state index in [9.17, 15) is 9.59 Å². The normalized spacial score (nSPS) is 11.7. The first-order valence-electron chi connectivity index (χ1n) is 9.59. The van der Waals surface area contributed by atoms with Crippen LogP contribution in [-0.2, 0) is 17.6 Å². The maximum atomic E-state index is 12.5. The molecule has 0 spiro atoms. The van der Waals surface area contributed by atoms with E-state index in [0.29, 0.717) is 5.92 Å². The van der Waals surface area contributed by atoms with Crippen molar-refractivity contribution >= 4 is 23.1 Å². The van der Waals surface area contributed by atoms with Gasteiger partial charge in [-0.15, -0.1) is 11.3 Å². The molecule has 1 aromatic carbocycles. The summed E-state index contributed by atoms with van der Waals surface area (Å²) in [7, 11) is 0. The van der Waals surface area contributed by atoms with Gasteiger partial charge in [-0.3, -0.25) is 9.59 Å². The third-order valence-electron chi connectivity index (χ3n) is 4.74. The molecule has 3 nitrogen and oxygen atoms in total. The van der Waals surface area contributed by atoms with E-state index in [2.05, 4.69) is 38.1 Å². The number of ketones is 1. The summed E-state index contributed by atoms with van der Waals surface area (Å²) in [5, 5.41) is 8.96. The highest BCUT2D eigenvalue weighted by Crippen LogP contribution is 2.29. The average Bonchev–Trinajstić information content (AvgIpc) is 3.02. The molecule has 1 aromatic heterocycles. The summed E-state index contributed by atoms with van der Waals surface area (Å²) < 4.78 is 0. The summed E-state index contributed by atoms with van der Waals surface area (Å²) in [6.45, 7) is 8.07. The topological polar surface area (TPSA) is 54.4 Å². The Labute approximate surface area is 166 Å². The molecule has 1 heterocycles. The number of aryl methyl sites for hydroxylation is 2. The van der Waals surface area contributed by atoms with Gasteiger partial charge in [0.25, 0.3) is 0 Å². The molecule has 0 radical (unpaired) electrons. The molecule has 27 heavy (non-hydrogen) atoms. The predicted molar refractivity (Wildman–Crippen MR) is 112 cm³/mol. The first-order valence-corrected chi connectivity index (χ1v) is 10.4. The smallest absolute Gasteiger partial charge is 0.303 e. The maximum Gasteiger partial charge on any atom is 0.303 e. The van der Waals surface area contributed by atoms with Crippen molar-refractivity contribution in [1.29, 1.82) is 0 Å². The molecule has 2 rings (SSSR count). The summed E-state index contributed by atoms with van der Waals surface area (Å²) in [5.41, 5.74) is 2.20. The lowest BCUT2D eigenvalue weighted by Crippen LogP contribution is -2.20. The van der Waals surface area contributed by atoms with Crippen LogP contribution in [0.15, 0.2) is 36.4 Å². The quantitative estimate of drug-likeness (QED) is 0.500. The van der Waals surface area contributed by atoms with Crippen LogP contribution in [0.5, 0.6) is 0 Å². The number of hydrogen-bond donors (Lipinski definition) is 1. The predicted octanol–water partition coefficient (Wildman–Crippen LogP) is 6.12. The third kappa shape index (κ3) is 6.94. The molecule has 4 heteroatoms. The Morgan fingerprint density at radius 1 is 1.00 bits per heavy atom. The van der Waals surface area contributed by atoms with Gasteiger partial charge in [0, 0.05) is 11.3 Å². The highest BCUT2D eigenvalue weighted by atomic mass is 32.1. The number of hydrogen-bond acceptors (Lipinski definition) is 3. The second-order valence-corrected chi connectivity index (χ2v) is 9.52. The standard InChI is InChI=1S/C23H30O3S/c1-16(2)18-10-8-17(9-11-18)6-5-7-19-12-13-21(27-19)20(24)14-23(3,4)15-22(25)26/h8-13,16H,5-7,14-15H2,1-4H3,(H,25,26). The van der Waals surface area contributed by atoms with Crippen LogP contribution >= 0.6 is 11.3 Å². The molecule has 2 aromatic rings. The minimum Gasteiger partial charge on any atom is -0.481 e. The van der Waals surface area contributed by atoms with Gasteiger partial charge in [0.1, 0.15) is 0 Å². The van der Waals surface area contributed by atoms with Crippen molar-refractivity contribution in [1.82, 2.24) is 0 Å². The molecular weight excluding hydrogens is 356 g/mol. The van der Waals surface area contributed by atoms with E-state index >= 15 is 0 Å². The molecule has 0 aliphatic heterocycles. The van der Waals surface area contributed by atoms with Crippen molar-refractivity contribution in [2.24, 2.45) is 5.41 Å². The summed E-state index contributed by atoms with van der Waals surface area (Å²) in [6, 6.07) is 12.8. The molecule has 0 atom stereocenters. The van der Waals surface area contributed by atoms with Crippen LogP contribution < -0.4 is 0 Å². The molecular formula is C23H30O3S. The average molecular weight is 387 g/mol. The fourth-order valence-electron chi connectivity index (χ4n) is 3.19. The van der Waals surface area contributed by atoms with Gasteiger partial charge in [-0.25, -0.2) is 0 Å². The minimum atomic E-state index is -0.860. The SMILES string of the molecule is CC(C)c1ccc(CCCc2ccc(C(=O)CC(C)(C)CC(=O)O)s2)cc1. The molecule has 0 aliphatic rings. The van der Waals surface area contributed by atoms with Crippen LogP contribution in [0, 0.1) is 5.41 Å². The monoisotopic (exact) mass is 386 g/mol. The lowest BCUT2D eigenvalue weighted by Gasteiger charge is -2.20. The van der Waals surface area contributed by atoms with Gasteiger partial charge in [0.05, 0.1) is 11.3 Å². The van der Waals surface area contributed by atoms with E-state index in [4.69, 9.17) is 5.11 Å². The van der Waals surface area contributed by atoms with E-state index < -0.39 is 11.4 Å². The Bertz CT molecular complexity index is 769. The largest absolute Gasteiger partial charge is 0.481 e. The summed E-state index contributed by atoms with van der Waals surface area (Å²) in [5.74, 6) is -0.260. The zero-order chi connectivity index (χ0) is 20.0. The van der Waals surface area contributed by atoms with Crippen LogP contribution in [0.3, 0.4) is 0 Å². The fraction of sp³-hybridized carbons (Fsp3) is 0.478. The Morgan fingerprint density at radius 2 is 1.67 bits per heavy atom. The lowest BCUT2D eigenvalue weighted by atomic mass is 9.84. The lowest BCUT2D eigenvalue weighted by molar-refractivity contribution is -0.139. The number of aliphatic carboxylic acids is 1. The minimum absolute atomic E-state index is 0.00652. The highest BCUT2D eigenvalue weighted by molar-refractivity contribution is 7.14. The first-order chi connectivity index (χ1) is 12.7. The van der Waals surface area contributed by atoms with Gasteiger partial charge in [-0.05, 0) is 53.9 Å². The Kier molecular flexibility index (Phi) is 7.37. The molecule has 0 amide bonds. The van der Waals surface area contributed by atoms with Gasteiger partial charge < -0.3 is 5.11 Å². The maximum absolute atomic E-state index is 12.5. The molecule has 146 valence electrons. The number of carboxylic acid groups (broad SMARTS) is 1. The van der Waals surface area contributed by atoms with Crippen LogP contribution in [0.2, 0.25) is 0 Å². The first kappa shape index (κ1) is 21.4. The molecule has 0 fully saturated rings. The number of carboxylic acids is 1. The number of benzene rings is 1. The highest BCUT2D eigenvalue weighted by Gasteiger charge is 2.26. The number of carbonyl (C=O) groups is 2. The molecule has 0 saturated heterocycles. The Morgan fingerprint density at radius 3 is 2.26 bits per heavy atom. The zero-order valence-corrected chi connectivity index (χ0v) is 17.6. The van der Waals surface area contributed by atoms with Gasteiger partial charge in [-0.1, -0.05) is 52.0 Å². The van der Waals surface area contributed by atoms with Crippen molar-refractivity contribution in [3.63, 3.8) is 0 Å². The van der Waals surface area contributed by atoms with Crippen molar-refractivity contribution in [2.45, 2.75) is 65.7 Å². The van der Waals surface area contributed by atoms with Crippen molar-refractivity contribution in [2.75, 3.05) is 0 Å². The third-order valence-corrected chi connectivity index (χ3v) is 5.93. The fourth-order valence-corrected chi connectivity index (χ4v) is 4.18. The van der Waals surface area contributed by atoms with Gasteiger partial charge >= 0.3 is 5.97 Å². The van der Waals surface area contributed by atoms with E-state index in [-0.39, 0.29) is 18.6 Å². The van der Waals surface area contributed by atoms with Gasteiger partial charge in [0.2, 0.25) is 0 Å². The van der Waals surface area contributed by atoms with E-state index in [1.54, 1.807) is 11.3 Å². The second kappa shape index (κ2) is 9.32. The molecule has 0 aliphatic carbocycles. The summed E-state index contributed by atoms with van der Waals surface area (Å²) in [4.78, 5) is 25.3. The number of rotatable bonds is 10. The van der Waals surface area contributed by atoms with Gasteiger partial charge in [-0.2, -0.15) is 0 Å². The summed E-state index contributed by atoms with van der Waals surface area (Å²) in [6.07, 6.45) is 3.32. The van der Waals surface area contributed by atoms with Gasteiger partial charge in [0.15, 0.2) is 5.78 Å². The Hall–Kier alpha value is -1.94. The van der Waals surface area contributed by atoms with E-state index in [1.165, 1.54) is 16.0 Å². The van der Waals surface area contributed by atoms with Crippen LogP contribution in [0.1, 0.15) is 78.6 Å². The number of Topliss-reactive ketones (excluding diaryl/α,β-unsaturated/α-hetero) is 1. The number of thiophene rings is 1. The molecule has 0 saturated carbocycles. The number of carbonyl (C=O) groups excluding carboxylic acids is 1. The van der Waals surface area contributed by atoms with Crippen LogP contribution in [-0.4, -0.2) is 16.9 Å². The van der Waals surface area contributed by atoms with Crippen LogP contribution in [0.25, 0.3) is 0 Å². The van der Waals surface area contributed by atoms with Crippen molar-refractivity contribution < 1.29 is 14.7 Å². The van der Waals surface area contributed by atoms with Crippen molar-refractivity contribution in [3.05, 3.63) is 57.3 Å². The zero-order valence-electron chi connectivity index (χ0n) is 16.7. The molecule has 0 bridgehead atoms. The molecule has 0 unspecified atom stereocenters. The molecule has 1 N–H and O–H groups in total. The second-order valence-electron chi connectivity index (χ2n) is 8.35. The van der Waals surface area contributed by atoms with E-state index in [1.807, 2.05) is 26.0 Å².